The van der Waals surface area contributed by atoms with Crippen LogP contribution >= 0.6 is 11.8 Å². The van der Waals surface area contributed by atoms with Crippen LogP contribution in [0.25, 0.3) is 0 Å². The van der Waals surface area contributed by atoms with Crippen molar-refractivity contribution in [1.82, 2.24) is 5.32 Å². The fourth-order valence-corrected chi connectivity index (χ4v) is 1.98. The normalized spacial score (nSPS) is 14.8. The summed E-state index contributed by atoms with van der Waals surface area (Å²) in [6.45, 7) is 2.61. The number of nitrogens with one attached hydrogen (secondary N) is 1. The maximum atomic E-state index is 10.0. The first-order valence-electron chi connectivity index (χ1n) is 5.39. The van der Waals surface area contributed by atoms with Gasteiger partial charge in [0.1, 0.15) is 0 Å². The van der Waals surface area contributed by atoms with Crippen molar-refractivity contribution in [1.29, 1.82) is 0 Å². The number of aliphatic hydroxyl groups excluding tert-OH is 2. The van der Waals surface area contributed by atoms with Crippen LogP contribution in [-0.2, 0) is 0 Å². The van der Waals surface area contributed by atoms with Crippen LogP contribution in [-0.4, -0.2) is 35.7 Å². The minimum atomic E-state index is -0.666. The fourth-order valence-electron chi connectivity index (χ4n) is 1.57. The van der Waals surface area contributed by atoms with Crippen molar-refractivity contribution >= 4 is 11.8 Å². The quantitative estimate of drug-likeness (QED) is 0.659. The van der Waals surface area contributed by atoms with Crippen molar-refractivity contribution in [2.24, 2.45) is 0 Å². The van der Waals surface area contributed by atoms with Gasteiger partial charge in [-0.2, -0.15) is 0 Å². The van der Waals surface area contributed by atoms with Crippen molar-refractivity contribution in [3.63, 3.8) is 0 Å². The average Bonchev–Trinajstić information content (AvgIpc) is 2.35. The molecule has 0 amide bonds. The standard InChI is InChI=1S/C12H19NO2S/c1-3-13-11(8-14)12(15)9-4-6-10(16-2)7-5-9/h4-7,11-15H,3,8H2,1-2H3/t11-,12-/m1/s1. The summed E-state index contributed by atoms with van der Waals surface area (Å²) in [7, 11) is 0. The van der Waals surface area contributed by atoms with Crippen molar-refractivity contribution < 1.29 is 10.2 Å². The number of benzene rings is 1. The molecule has 0 bridgehead atoms. The Labute approximate surface area is 101 Å². The number of rotatable bonds is 6. The molecule has 0 saturated heterocycles. The highest BCUT2D eigenvalue weighted by Gasteiger charge is 2.18. The minimum absolute atomic E-state index is 0.0702. The predicted molar refractivity (Wildman–Crippen MR) is 67.7 cm³/mol. The van der Waals surface area contributed by atoms with Gasteiger partial charge in [-0.15, -0.1) is 11.8 Å². The molecule has 0 saturated carbocycles. The summed E-state index contributed by atoms with van der Waals surface area (Å²) < 4.78 is 0. The number of hydrogen-bond donors (Lipinski definition) is 3. The van der Waals surface area contributed by atoms with E-state index in [1.165, 1.54) is 4.90 Å². The second-order valence-electron chi connectivity index (χ2n) is 3.56. The van der Waals surface area contributed by atoms with Crippen LogP contribution in [0.5, 0.6) is 0 Å². The summed E-state index contributed by atoms with van der Waals surface area (Å²) in [4.78, 5) is 1.17. The summed E-state index contributed by atoms with van der Waals surface area (Å²) in [5.74, 6) is 0. The van der Waals surface area contributed by atoms with Gasteiger partial charge < -0.3 is 15.5 Å². The maximum Gasteiger partial charge on any atom is 0.0965 e. The van der Waals surface area contributed by atoms with Crippen LogP contribution in [0.15, 0.2) is 29.2 Å². The molecule has 0 aliphatic rings. The molecular formula is C12H19NO2S. The Morgan fingerprint density at radius 3 is 2.38 bits per heavy atom. The van der Waals surface area contributed by atoms with E-state index in [-0.39, 0.29) is 12.6 Å². The first-order valence-corrected chi connectivity index (χ1v) is 6.61. The third-order valence-corrected chi connectivity index (χ3v) is 3.25. The van der Waals surface area contributed by atoms with Gasteiger partial charge in [0, 0.05) is 4.90 Å². The summed E-state index contributed by atoms with van der Waals surface area (Å²) in [6, 6.07) is 7.45. The van der Waals surface area contributed by atoms with Gasteiger partial charge in [-0.1, -0.05) is 19.1 Å². The summed E-state index contributed by atoms with van der Waals surface area (Å²) in [5.41, 5.74) is 0.831. The van der Waals surface area contributed by atoms with Gasteiger partial charge in [-0.05, 0) is 30.5 Å². The highest BCUT2D eigenvalue weighted by molar-refractivity contribution is 7.98. The van der Waals surface area contributed by atoms with Gasteiger partial charge in [-0.25, -0.2) is 0 Å². The van der Waals surface area contributed by atoms with Crippen LogP contribution in [0.2, 0.25) is 0 Å². The van der Waals surface area contributed by atoms with E-state index in [4.69, 9.17) is 5.11 Å². The molecule has 4 heteroatoms. The molecule has 0 aromatic heterocycles. The van der Waals surface area contributed by atoms with E-state index in [1.807, 2.05) is 37.4 Å². The van der Waals surface area contributed by atoms with Crippen molar-refractivity contribution in [3.8, 4) is 0 Å². The smallest absolute Gasteiger partial charge is 0.0965 e. The molecule has 0 fully saturated rings. The molecule has 2 atom stereocenters. The molecule has 0 aliphatic heterocycles. The van der Waals surface area contributed by atoms with Gasteiger partial charge >= 0.3 is 0 Å². The van der Waals surface area contributed by atoms with Crippen LogP contribution in [0.4, 0.5) is 0 Å². The highest BCUT2D eigenvalue weighted by atomic mass is 32.2. The van der Waals surface area contributed by atoms with Gasteiger partial charge in [0.15, 0.2) is 0 Å². The second-order valence-corrected chi connectivity index (χ2v) is 4.44. The zero-order valence-electron chi connectivity index (χ0n) is 9.68. The van der Waals surface area contributed by atoms with E-state index in [9.17, 15) is 5.11 Å². The lowest BCUT2D eigenvalue weighted by molar-refractivity contribution is 0.0910. The topological polar surface area (TPSA) is 52.5 Å². The zero-order chi connectivity index (χ0) is 12.0. The molecule has 16 heavy (non-hydrogen) atoms. The Bertz CT molecular complexity index is 302. The Hall–Kier alpha value is -0.550. The lowest BCUT2D eigenvalue weighted by Crippen LogP contribution is -2.37. The van der Waals surface area contributed by atoms with Gasteiger partial charge in [0.2, 0.25) is 0 Å². The molecule has 3 nitrogen and oxygen atoms in total. The lowest BCUT2D eigenvalue weighted by Gasteiger charge is -2.22. The van der Waals surface area contributed by atoms with E-state index in [1.54, 1.807) is 11.8 Å². The second kappa shape index (κ2) is 6.91. The maximum absolute atomic E-state index is 10.0. The van der Waals surface area contributed by atoms with Crippen LogP contribution in [0.3, 0.4) is 0 Å². The molecule has 1 aromatic rings. The highest BCUT2D eigenvalue weighted by Crippen LogP contribution is 2.21. The molecule has 3 N–H and O–H groups in total. The third kappa shape index (κ3) is 3.49. The summed E-state index contributed by atoms with van der Waals surface area (Å²) in [6.07, 6.45) is 1.35. The number of hydrogen-bond acceptors (Lipinski definition) is 4. The Morgan fingerprint density at radius 1 is 1.31 bits per heavy atom. The third-order valence-electron chi connectivity index (χ3n) is 2.50. The average molecular weight is 241 g/mol. The SMILES string of the molecule is CCN[C@H](CO)[C@H](O)c1ccc(SC)cc1. The van der Waals surface area contributed by atoms with Crippen molar-refractivity contribution in [3.05, 3.63) is 29.8 Å². The first-order chi connectivity index (χ1) is 7.72. The summed E-state index contributed by atoms with van der Waals surface area (Å²) in [5, 5.41) is 22.3. The first kappa shape index (κ1) is 13.5. The summed E-state index contributed by atoms with van der Waals surface area (Å²) >= 11 is 1.67. The molecular weight excluding hydrogens is 222 g/mol. The van der Waals surface area contributed by atoms with E-state index >= 15 is 0 Å². The van der Waals surface area contributed by atoms with Crippen LogP contribution in [0, 0.1) is 0 Å². The van der Waals surface area contributed by atoms with Crippen LogP contribution in [0.1, 0.15) is 18.6 Å². The molecule has 0 unspecified atom stereocenters. The number of likely N-dealkylation sites (N-methyl/N-ethyl adjacent to an activating group) is 1. The fraction of sp³-hybridized carbons (Fsp3) is 0.500. The largest absolute Gasteiger partial charge is 0.395 e. The van der Waals surface area contributed by atoms with E-state index in [0.717, 1.165) is 12.1 Å². The molecule has 0 aliphatic carbocycles. The van der Waals surface area contributed by atoms with Gasteiger partial charge in [0.05, 0.1) is 18.8 Å². The van der Waals surface area contributed by atoms with E-state index in [2.05, 4.69) is 5.32 Å². The van der Waals surface area contributed by atoms with Crippen LogP contribution < -0.4 is 5.32 Å². The zero-order valence-corrected chi connectivity index (χ0v) is 10.5. The van der Waals surface area contributed by atoms with Gasteiger partial charge in [-0.3, -0.25) is 0 Å². The lowest BCUT2D eigenvalue weighted by atomic mass is 10.0. The minimum Gasteiger partial charge on any atom is -0.395 e. The van der Waals surface area contributed by atoms with E-state index < -0.39 is 6.10 Å². The van der Waals surface area contributed by atoms with Crippen molar-refractivity contribution in [2.75, 3.05) is 19.4 Å². The number of aliphatic hydroxyl groups is 2. The molecule has 0 radical (unpaired) electrons. The molecule has 1 aromatic carbocycles. The molecule has 0 spiro atoms. The number of thioether (sulfide) groups is 1. The molecule has 0 heterocycles. The Balaban J connectivity index is 2.73. The van der Waals surface area contributed by atoms with Gasteiger partial charge in [0.25, 0.3) is 0 Å². The predicted octanol–water partition coefficient (Wildman–Crippen LogP) is 1.41. The van der Waals surface area contributed by atoms with E-state index in [0.29, 0.717) is 0 Å². The van der Waals surface area contributed by atoms with Crippen molar-refractivity contribution in [2.45, 2.75) is 24.0 Å². The Kier molecular flexibility index (Phi) is 5.84. The molecule has 90 valence electrons. The Morgan fingerprint density at radius 2 is 1.94 bits per heavy atom. The molecule has 1 rings (SSSR count). The monoisotopic (exact) mass is 241 g/mol.